The highest BCUT2D eigenvalue weighted by atomic mass is 35.5. The molecule has 0 saturated heterocycles. The van der Waals surface area contributed by atoms with Crippen molar-refractivity contribution in [3.8, 4) is 0 Å². The molecule has 96 valence electrons. The minimum atomic E-state index is -0.724. The lowest BCUT2D eigenvalue weighted by molar-refractivity contribution is 0.151. The molecule has 2 unspecified atom stereocenters. The Hall–Kier alpha value is -0.940. The number of aliphatic hydroxyl groups excluding tert-OH is 1. The van der Waals surface area contributed by atoms with Crippen molar-refractivity contribution in [1.29, 1.82) is 0 Å². The molecule has 2 rings (SSSR count). The Labute approximate surface area is 114 Å². The van der Waals surface area contributed by atoms with Gasteiger partial charge in [-0.1, -0.05) is 23.7 Å². The van der Waals surface area contributed by atoms with Crippen LogP contribution in [0.1, 0.15) is 22.5 Å². The van der Waals surface area contributed by atoms with Gasteiger partial charge >= 0.3 is 0 Å². The van der Waals surface area contributed by atoms with Crippen LogP contribution in [0.15, 0.2) is 36.4 Å². The Balaban J connectivity index is 2.25. The number of benzene rings is 1. The number of thiophene rings is 1. The van der Waals surface area contributed by atoms with E-state index in [-0.39, 0.29) is 18.3 Å². The molecule has 1 aromatic carbocycles. The largest absolute Gasteiger partial charge is 0.387 e. The van der Waals surface area contributed by atoms with Gasteiger partial charge in [0, 0.05) is 17.3 Å². The van der Waals surface area contributed by atoms with Crippen LogP contribution in [-0.4, -0.2) is 11.7 Å². The average molecular weight is 286 g/mol. The lowest BCUT2D eigenvalue weighted by Gasteiger charge is -2.20. The number of nitrogens with two attached hydrogens (primary N) is 1. The smallest absolute Gasteiger partial charge is 0.123 e. The SMILES string of the molecule is NCC(c1ccc(F)cc1)C(O)c1ccc(Cl)s1. The summed E-state index contributed by atoms with van der Waals surface area (Å²) in [6.07, 6.45) is -0.724. The van der Waals surface area contributed by atoms with E-state index >= 15 is 0 Å². The fourth-order valence-electron chi connectivity index (χ4n) is 1.84. The highest BCUT2D eigenvalue weighted by Gasteiger charge is 2.22. The molecule has 0 aliphatic heterocycles. The molecule has 2 atom stereocenters. The van der Waals surface area contributed by atoms with E-state index in [2.05, 4.69) is 0 Å². The van der Waals surface area contributed by atoms with Crippen LogP contribution >= 0.6 is 22.9 Å². The predicted molar refractivity (Wildman–Crippen MR) is 72.5 cm³/mol. The number of hydrogen-bond donors (Lipinski definition) is 2. The second kappa shape index (κ2) is 5.80. The number of hydrogen-bond acceptors (Lipinski definition) is 3. The van der Waals surface area contributed by atoms with Gasteiger partial charge in [-0.3, -0.25) is 0 Å². The maximum absolute atomic E-state index is 12.9. The van der Waals surface area contributed by atoms with E-state index in [1.54, 1.807) is 24.3 Å². The Morgan fingerprint density at radius 2 is 1.89 bits per heavy atom. The van der Waals surface area contributed by atoms with Crippen LogP contribution in [-0.2, 0) is 0 Å². The summed E-state index contributed by atoms with van der Waals surface area (Å²) in [5.41, 5.74) is 6.52. The molecule has 0 bridgehead atoms. The van der Waals surface area contributed by atoms with E-state index in [1.165, 1.54) is 23.5 Å². The van der Waals surface area contributed by atoms with Crippen LogP contribution in [0.5, 0.6) is 0 Å². The topological polar surface area (TPSA) is 46.2 Å². The standard InChI is InChI=1S/C13H13ClFNOS/c14-12-6-5-11(18-12)13(17)10(7-16)8-1-3-9(15)4-2-8/h1-6,10,13,17H,7,16H2. The first-order valence-corrected chi connectivity index (χ1v) is 6.70. The third-order valence-electron chi connectivity index (χ3n) is 2.82. The maximum Gasteiger partial charge on any atom is 0.123 e. The summed E-state index contributed by atoms with van der Waals surface area (Å²) in [6, 6.07) is 9.54. The summed E-state index contributed by atoms with van der Waals surface area (Å²) in [6.45, 7) is 0.280. The van der Waals surface area contributed by atoms with Gasteiger partial charge in [-0.2, -0.15) is 0 Å². The van der Waals surface area contributed by atoms with Gasteiger partial charge < -0.3 is 10.8 Å². The normalized spacial score (nSPS) is 14.4. The van der Waals surface area contributed by atoms with Gasteiger partial charge in [-0.25, -0.2) is 4.39 Å². The van der Waals surface area contributed by atoms with Crippen LogP contribution in [0.2, 0.25) is 4.34 Å². The first-order valence-electron chi connectivity index (χ1n) is 5.50. The zero-order valence-electron chi connectivity index (χ0n) is 9.51. The fourth-order valence-corrected chi connectivity index (χ4v) is 2.96. The van der Waals surface area contributed by atoms with Gasteiger partial charge in [-0.05, 0) is 29.8 Å². The summed E-state index contributed by atoms with van der Waals surface area (Å²) in [5, 5.41) is 10.3. The summed E-state index contributed by atoms with van der Waals surface area (Å²) in [5.74, 6) is -0.566. The summed E-state index contributed by atoms with van der Waals surface area (Å²) in [4.78, 5) is 0.764. The van der Waals surface area contributed by atoms with Gasteiger partial charge in [0.2, 0.25) is 0 Å². The molecule has 0 spiro atoms. The highest BCUT2D eigenvalue weighted by Crippen LogP contribution is 2.35. The minimum absolute atomic E-state index is 0.264. The van der Waals surface area contributed by atoms with Gasteiger partial charge in [-0.15, -0.1) is 11.3 Å². The monoisotopic (exact) mass is 285 g/mol. The molecular formula is C13H13ClFNOS. The van der Waals surface area contributed by atoms with Crippen molar-refractivity contribution < 1.29 is 9.50 Å². The van der Waals surface area contributed by atoms with E-state index in [1.807, 2.05) is 0 Å². The molecule has 2 nitrogen and oxygen atoms in total. The van der Waals surface area contributed by atoms with E-state index in [4.69, 9.17) is 17.3 Å². The Morgan fingerprint density at radius 1 is 1.22 bits per heavy atom. The predicted octanol–water partition coefficient (Wildman–Crippen LogP) is 3.32. The molecule has 0 radical (unpaired) electrons. The van der Waals surface area contributed by atoms with Crippen molar-refractivity contribution in [2.24, 2.45) is 5.73 Å². The second-order valence-corrected chi connectivity index (χ2v) is 5.73. The molecule has 18 heavy (non-hydrogen) atoms. The summed E-state index contributed by atoms with van der Waals surface area (Å²) in [7, 11) is 0. The number of aliphatic hydroxyl groups is 1. The van der Waals surface area contributed by atoms with Crippen molar-refractivity contribution in [2.75, 3.05) is 6.54 Å². The molecule has 0 fully saturated rings. The number of halogens is 2. The number of rotatable bonds is 4. The van der Waals surface area contributed by atoms with E-state index < -0.39 is 6.10 Å². The molecule has 1 aromatic heterocycles. The average Bonchev–Trinajstić information content (AvgIpc) is 2.79. The van der Waals surface area contributed by atoms with Crippen molar-refractivity contribution in [3.05, 3.63) is 57.0 Å². The van der Waals surface area contributed by atoms with Crippen LogP contribution in [0.3, 0.4) is 0 Å². The van der Waals surface area contributed by atoms with Crippen molar-refractivity contribution in [2.45, 2.75) is 12.0 Å². The third-order valence-corrected chi connectivity index (χ3v) is 4.12. The lowest BCUT2D eigenvalue weighted by atomic mass is 9.92. The van der Waals surface area contributed by atoms with Crippen molar-refractivity contribution in [3.63, 3.8) is 0 Å². The second-order valence-electron chi connectivity index (χ2n) is 3.98. The molecular weight excluding hydrogens is 273 g/mol. The molecule has 0 amide bonds. The third kappa shape index (κ3) is 2.90. The molecule has 0 saturated carbocycles. The molecule has 3 N–H and O–H groups in total. The zero-order valence-corrected chi connectivity index (χ0v) is 11.1. The van der Waals surface area contributed by atoms with E-state index in [9.17, 15) is 9.50 Å². The summed E-state index contributed by atoms with van der Waals surface area (Å²) >= 11 is 7.17. The van der Waals surface area contributed by atoms with Crippen LogP contribution in [0, 0.1) is 5.82 Å². The minimum Gasteiger partial charge on any atom is -0.387 e. The van der Waals surface area contributed by atoms with Crippen LogP contribution < -0.4 is 5.73 Å². The lowest BCUT2D eigenvalue weighted by Crippen LogP contribution is -2.19. The first-order chi connectivity index (χ1) is 8.61. The van der Waals surface area contributed by atoms with Crippen molar-refractivity contribution >= 4 is 22.9 Å². The van der Waals surface area contributed by atoms with Crippen molar-refractivity contribution in [1.82, 2.24) is 0 Å². The molecule has 0 aliphatic rings. The van der Waals surface area contributed by atoms with Gasteiger partial charge in [0.25, 0.3) is 0 Å². The quantitative estimate of drug-likeness (QED) is 0.905. The zero-order chi connectivity index (χ0) is 13.1. The Bertz CT molecular complexity index is 514. The fraction of sp³-hybridized carbons (Fsp3) is 0.231. The van der Waals surface area contributed by atoms with Gasteiger partial charge in [0.05, 0.1) is 10.4 Å². The van der Waals surface area contributed by atoms with Gasteiger partial charge in [0.15, 0.2) is 0 Å². The highest BCUT2D eigenvalue weighted by molar-refractivity contribution is 7.16. The molecule has 2 aromatic rings. The van der Waals surface area contributed by atoms with E-state index in [0.29, 0.717) is 4.34 Å². The Kier molecular flexibility index (Phi) is 4.35. The molecule has 1 heterocycles. The molecule has 5 heteroatoms. The Morgan fingerprint density at radius 3 is 2.39 bits per heavy atom. The van der Waals surface area contributed by atoms with Gasteiger partial charge in [0.1, 0.15) is 5.82 Å². The van der Waals surface area contributed by atoms with E-state index in [0.717, 1.165) is 10.4 Å². The van der Waals surface area contributed by atoms with Crippen LogP contribution in [0.4, 0.5) is 4.39 Å². The summed E-state index contributed by atoms with van der Waals surface area (Å²) < 4.78 is 13.5. The molecule has 0 aliphatic carbocycles. The van der Waals surface area contributed by atoms with Crippen LogP contribution in [0.25, 0.3) is 0 Å². The first kappa shape index (κ1) is 13.5. The maximum atomic E-state index is 12.9.